The zero-order valence-corrected chi connectivity index (χ0v) is 18.7. The molecule has 0 atom stereocenters. The van der Waals surface area contributed by atoms with E-state index in [1.165, 1.54) is 12.8 Å². The Balaban J connectivity index is 0.00000625. The summed E-state index contributed by atoms with van der Waals surface area (Å²) >= 11 is 1.03. The molecule has 0 amide bonds. The summed E-state index contributed by atoms with van der Waals surface area (Å²) in [5, 5.41) is 7.80. The number of nitrogens with zero attached hydrogens (tertiary/aromatic N) is 3. The van der Waals surface area contributed by atoms with Gasteiger partial charge >= 0.3 is 6.18 Å². The van der Waals surface area contributed by atoms with Gasteiger partial charge in [0.25, 0.3) is 0 Å². The SMILES string of the molecule is CCCCN(C)CCN=C(NCC)NCCc1nc(C(F)(F)F)cs1.I. The predicted octanol–water partition coefficient (Wildman–Crippen LogP) is 3.61. The Kier molecular flexibility index (Phi) is 13.2. The summed E-state index contributed by atoms with van der Waals surface area (Å²) in [4.78, 5) is 10.4. The number of rotatable bonds is 10. The minimum atomic E-state index is -4.37. The van der Waals surface area contributed by atoms with Crippen molar-refractivity contribution in [2.45, 2.75) is 39.3 Å². The quantitative estimate of drug-likeness (QED) is 0.289. The van der Waals surface area contributed by atoms with Crippen LogP contribution in [0.5, 0.6) is 0 Å². The van der Waals surface area contributed by atoms with E-state index in [-0.39, 0.29) is 24.0 Å². The monoisotopic (exact) mass is 507 g/mol. The first kappa shape index (κ1) is 25.4. The average molecular weight is 507 g/mol. The lowest BCUT2D eigenvalue weighted by molar-refractivity contribution is -0.140. The second kappa shape index (κ2) is 13.5. The van der Waals surface area contributed by atoms with Crippen LogP contribution in [0.2, 0.25) is 0 Å². The fraction of sp³-hybridized carbons (Fsp3) is 0.750. The van der Waals surface area contributed by atoms with Crippen molar-refractivity contribution in [1.29, 1.82) is 0 Å². The number of aromatic nitrogens is 1. The molecule has 1 aromatic rings. The number of alkyl halides is 3. The summed E-state index contributed by atoms with van der Waals surface area (Å²) in [5.74, 6) is 0.680. The fourth-order valence-corrected chi connectivity index (χ4v) is 2.86. The fourth-order valence-electron chi connectivity index (χ4n) is 2.06. The number of halogens is 4. The van der Waals surface area contributed by atoms with Crippen LogP contribution < -0.4 is 10.6 Å². The Hall–Kier alpha value is -0.620. The number of hydrogen-bond acceptors (Lipinski definition) is 4. The maximum atomic E-state index is 12.5. The van der Waals surface area contributed by atoms with Gasteiger partial charge < -0.3 is 15.5 Å². The molecule has 0 saturated heterocycles. The van der Waals surface area contributed by atoms with Gasteiger partial charge in [0.15, 0.2) is 11.7 Å². The van der Waals surface area contributed by atoms with Gasteiger partial charge in [-0.1, -0.05) is 13.3 Å². The number of guanidine groups is 1. The van der Waals surface area contributed by atoms with Gasteiger partial charge in [-0.25, -0.2) is 4.98 Å². The van der Waals surface area contributed by atoms with Crippen molar-refractivity contribution in [1.82, 2.24) is 20.5 Å². The minimum Gasteiger partial charge on any atom is -0.357 e. The third kappa shape index (κ3) is 10.5. The average Bonchev–Trinajstić information content (AvgIpc) is 3.02. The van der Waals surface area contributed by atoms with Crippen molar-refractivity contribution in [3.8, 4) is 0 Å². The van der Waals surface area contributed by atoms with E-state index in [9.17, 15) is 13.2 Å². The highest BCUT2D eigenvalue weighted by molar-refractivity contribution is 14.0. The van der Waals surface area contributed by atoms with Crippen molar-refractivity contribution < 1.29 is 13.2 Å². The summed E-state index contributed by atoms with van der Waals surface area (Å²) < 4.78 is 37.6. The van der Waals surface area contributed by atoms with Crippen LogP contribution in [0, 0.1) is 0 Å². The molecule has 10 heteroatoms. The molecule has 0 radical (unpaired) electrons. The number of thiazole rings is 1. The van der Waals surface area contributed by atoms with Crippen molar-refractivity contribution in [3.63, 3.8) is 0 Å². The van der Waals surface area contributed by atoms with Crippen molar-refractivity contribution >= 4 is 41.3 Å². The molecular formula is C16H29F3IN5S. The summed E-state index contributed by atoms with van der Waals surface area (Å²) in [6.45, 7) is 7.96. The highest BCUT2D eigenvalue weighted by Gasteiger charge is 2.33. The molecule has 0 unspecified atom stereocenters. The standard InChI is InChI=1S/C16H28F3N5S.HI/c1-4-6-10-24(3)11-9-22-15(20-5-2)21-8-7-14-23-13(12-25-14)16(17,18)19;/h12H,4-11H2,1-3H3,(H2,20,21,22);1H. The van der Waals surface area contributed by atoms with Gasteiger partial charge in [0.1, 0.15) is 0 Å². The maximum Gasteiger partial charge on any atom is 0.434 e. The Labute approximate surface area is 174 Å². The molecule has 2 N–H and O–H groups in total. The predicted molar refractivity (Wildman–Crippen MR) is 113 cm³/mol. The second-order valence-electron chi connectivity index (χ2n) is 5.72. The molecule has 1 heterocycles. The van der Waals surface area contributed by atoms with E-state index in [0.29, 0.717) is 30.5 Å². The van der Waals surface area contributed by atoms with Crippen LogP contribution in [-0.4, -0.2) is 55.6 Å². The Morgan fingerprint density at radius 2 is 2.00 bits per heavy atom. The van der Waals surface area contributed by atoms with Crippen LogP contribution in [0.4, 0.5) is 13.2 Å². The van der Waals surface area contributed by atoms with Gasteiger partial charge in [-0.2, -0.15) is 13.2 Å². The largest absolute Gasteiger partial charge is 0.434 e. The van der Waals surface area contributed by atoms with Crippen LogP contribution in [0.1, 0.15) is 37.4 Å². The highest BCUT2D eigenvalue weighted by Crippen LogP contribution is 2.29. The topological polar surface area (TPSA) is 52.5 Å². The van der Waals surface area contributed by atoms with Crippen LogP contribution in [-0.2, 0) is 12.6 Å². The molecule has 0 aliphatic heterocycles. The molecule has 0 aromatic carbocycles. The van der Waals surface area contributed by atoms with E-state index in [1.807, 2.05) is 6.92 Å². The summed E-state index contributed by atoms with van der Waals surface area (Å²) in [7, 11) is 2.08. The van der Waals surface area contributed by atoms with Gasteiger partial charge in [0.2, 0.25) is 0 Å². The molecule has 0 bridgehead atoms. The van der Waals surface area contributed by atoms with Gasteiger partial charge in [-0.3, -0.25) is 4.99 Å². The third-order valence-electron chi connectivity index (χ3n) is 3.46. The third-order valence-corrected chi connectivity index (χ3v) is 4.37. The van der Waals surface area contributed by atoms with E-state index in [4.69, 9.17) is 0 Å². The molecule has 0 saturated carbocycles. The van der Waals surface area contributed by atoms with Gasteiger partial charge in [-0.15, -0.1) is 35.3 Å². The zero-order chi connectivity index (χ0) is 18.7. The van der Waals surface area contributed by atoms with E-state index in [2.05, 4.69) is 39.5 Å². The molecule has 0 aliphatic carbocycles. The number of unbranched alkanes of at least 4 members (excludes halogenated alkanes) is 1. The Morgan fingerprint density at radius 1 is 1.27 bits per heavy atom. The summed E-state index contributed by atoms with van der Waals surface area (Å²) in [5.41, 5.74) is -0.816. The van der Waals surface area contributed by atoms with Gasteiger partial charge in [0.05, 0.1) is 11.6 Å². The smallest absolute Gasteiger partial charge is 0.357 e. The first-order valence-electron chi connectivity index (χ1n) is 8.59. The second-order valence-corrected chi connectivity index (χ2v) is 6.66. The van der Waals surface area contributed by atoms with Crippen LogP contribution in [0.3, 0.4) is 0 Å². The molecule has 1 aromatic heterocycles. The van der Waals surface area contributed by atoms with E-state index in [0.717, 1.165) is 36.4 Å². The summed E-state index contributed by atoms with van der Waals surface area (Å²) in [6, 6.07) is 0. The van der Waals surface area contributed by atoms with Gasteiger partial charge in [-0.05, 0) is 26.9 Å². The van der Waals surface area contributed by atoms with Gasteiger partial charge in [0, 0.05) is 31.4 Å². The lowest BCUT2D eigenvalue weighted by Crippen LogP contribution is -2.39. The molecule has 0 spiro atoms. The van der Waals surface area contributed by atoms with Crippen molar-refractivity contribution in [2.24, 2.45) is 4.99 Å². The number of likely N-dealkylation sites (N-methyl/N-ethyl adjacent to an activating group) is 1. The Morgan fingerprint density at radius 3 is 2.58 bits per heavy atom. The first-order chi connectivity index (χ1) is 11.9. The van der Waals surface area contributed by atoms with Crippen LogP contribution in [0.25, 0.3) is 0 Å². The van der Waals surface area contributed by atoms with Crippen molar-refractivity contribution in [2.75, 3.05) is 39.8 Å². The molecule has 0 fully saturated rings. The maximum absolute atomic E-state index is 12.5. The van der Waals surface area contributed by atoms with E-state index < -0.39 is 11.9 Å². The normalized spacial score (nSPS) is 12.2. The number of hydrogen-bond donors (Lipinski definition) is 2. The van der Waals surface area contributed by atoms with Crippen LogP contribution in [0.15, 0.2) is 10.4 Å². The summed E-state index contributed by atoms with van der Waals surface area (Å²) in [6.07, 6.45) is -1.60. The molecular weight excluding hydrogens is 478 g/mol. The molecule has 0 aliphatic rings. The molecule has 152 valence electrons. The number of nitrogens with one attached hydrogen (secondary N) is 2. The highest BCUT2D eigenvalue weighted by atomic mass is 127. The zero-order valence-electron chi connectivity index (χ0n) is 15.5. The molecule has 1 rings (SSSR count). The number of aliphatic imine (C=N–C) groups is 1. The van der Waals surface area contributed by atoms with Crippen LogP contribution >= 0.6 is 35.3 Å². The van der Waals surface area contributed by atoms with E-state index >= 15 is 0 Å². The van der Waals surface area contributed by atoms with Crippen molar-refractivity contribution in [3.05, 3.63) is 16.1 Å². The molecule has 26 heavy (non-hydrogen) atoms. The van der Waals surface area contributed by atoms with E-state index in [1.54, 1.807) is 0 Å². The minimum absolute atomic E-state index is 0. The lowest BCUT2D eigenvalue weighted by atomic mass is 10.3. The lowest BCUT2D eigenvalue weighted by Gasteiger charge is -2.15. The Bertz CT molecular complexity index is 522. The first-order valence-corrected chi connectivity index (χ1v) is 9.47. The molecule has 5 nitrogen and oxygen atoms in total.